The van der Waals surface area contributed by atoms with E-state index in [0.29, 0.717) is 5.91 Å². The Balaban J connectivity index is 1.16. The highest BCUT2D eigenvalue weighted by Gasteiger charge is 2.31. The molecule has 2 aromatic rings. The smallest absolute Gasteiger partial charge is 0.227 e. The molecule has 3 aliphatic heterocycles. The van der Waals surface area contributed by atoms with E-state index >= 15 is 0 Å². The van der Waals surface area contributed by atoms with Gasteiger partial charge < -0.3 is 24.3 Å². The van der Waals surface area contributed by atoms with E-state index in [1.165, 1.54) is 5.69 Å². The molecule has 1 unspecified atom stereocenters. The van der Waals surface area contributed by atoms with Gasteiger partial charge in [-0.1, -0.05) is 18.2 Å². The fourth-order valence-corrected chi connectivity index (χ4v) is 4.92. The van der Waals surface area contributed by atoms with Crippen molar-refractivity contribution in [3.05, 3.63) is 42.5 Å². The van der Waals surface area contributed by atoms with Crippen LogP contribution in [0.3, 0.4) is 0 Å². The van der Waals surface area contributed by atoms with Gasteiger partial charge in [0, 0.05) is 58.0 Å². The number of rotatable bonds is 4. The van der Waals surface area contributed by atoms with Crippen molar-refractivity contribution in [1.29, 1.82) is 0 Å². The zero-order valence-electron chi connectivity index (χ0n) is 18.6. The van der Waals surface area contributed by atoms with Gasteiger partial charge >= 0.3 is 0 Å². The molecule has 3 saturated heterocycles. The zero-order chi connectivity index (χ0) is 21.8. The van der Waals surface area contributed by atoms with Crippen LogP contribution < -0.4 is 14.7 Å². The molecule has 0 spiro atoms. The van der Waals surface area contributed by atoms with Crippen LogP contribution in [0.1, 0.15) is 12.8 Å². The third kappa shape index (κ3) is 4.65. The first-order chi connectivity index (χ1) is 15.8. The minimum absolute atomic E-state index is 0.0349. The molecular formula is C24H32N6O2. The summed E-state index contributed by atoms with van der Waals surface area (Å²) in [6.07, 6.45) is 1.96. The number of para-hydroxylation sites is 1. The molecule has 1 aromatic carbocycles. The monoisotopic (exact) mass is 436 g/mol. The average Bonchev–Trinajstić information content (AvgIpc) is 2.89. The van der Waals surface area contributed by atoms with E-state index in [-0.39, 0.29) is 5.92 Å². The number of morpholine rings is 1. The van der Waals surface area contributed by atoms with Crippen LogP contribution in [0.25, 0.3) is 0 Å². The maximum absolute atomic E-state index is 13.3. The summed E-state index contributed by atoms with van der Waals surface area (Å²) < 4.78 is 5.42. The van der Waals surface area contributed by atoms with Gasteiger partial charge in [0.05, 0.1) is 19.1 Å². The van der Waals surface area contributed by atoms with Crippen LogP contribution in [-0.2, 0) is 9.53 Å². The normalized spacial score (nSPS) is 22.2. The van der Waals surface area contributed by atoms with Crippen LogP contribution in [0.15, 0.2) is 42.5 Å². The van der Waals surface area contributed by atoms with E-state index in [0.717, 1.165) is 90.0 Å². The van der Waals surface area contributed by atoms with Crippen LogP contribution in [-0.4, -0.2) is 86.6 Å². The quantitative estimate of drug-likeness (QED) is 0.725. The summed E-state index contributed by atoms with van der Waals surface area (Å²) in [7, 11) is 0. The molecule has 170 valence electrons. The molecule has 1 amide bonds. The van der Waals surface area contributed by atoms with Gasteiger partial charge in [-0.05, 0) is 37.1 Å². The first-order valence-electron chi connectivity index (χ1n) is 11.8. The second-order valence-corrected chi connectivity index (χ2v) is 8.78. The van der Waals surface area contributed by atoms with E-state index in [9.17, 15) is 4.79 Å². The number of piperazine rings is 1. The predicted octanol–water partition coefficient (Wildman–Crippen LogP) is 1.88. The van der Waals surface area contributed by atoms with Crippen molar-refractivity contribution in [2.75, 3.05) is 80.3 Å². The number of aromatic nitrogens is 2. The summed E-state index contributed by atoms with van der Waals surface area (Å²) in [5, 5.41) is 8.94. The topological polar surface area (TPSA) is 65.0 Å². The van der Waals surface area contributed by atoms with Crippen LogP contribution in [0, 0.1) is 5.92 Å². The molecule has 5 rings (SSSR count). The lowest BCUT2D eigenvalue weighted by molar-refractivity contribution is -0.136. The van der Waals surface area contributed by atoms with Crippen molar-refractivity contribution in [2.45, 2.75) is 12.8 Å². The fourth-order valence-electron chi connectivity index (χ4n) is 4.92. The van der Waals surface area contributed by atoms with Crippen molar-refractivity contribution >= 4 is 23.2 Å². The highest BCUT2D eigenvalue weighted by Crippen LogP contribution is 2.25. The molecule has 3 aliphatic rings. The fraction of sp³-hybridized carbons (Fsp3) is 0.542. The van der Waals surface area contributed by atoms with Crippen molar-refractivity contribution in [3.63, 3.8) is 0 Å². The molecule has 0 saturated carbocycles. The van der Waals surface area contributed by atoms with Crippen LogP contribution >= 0.6 is 0 Å². The van der Waals surface area contributed by atoms with Crippen molar-refractivity contribution < 1.29 is 9.53 Å². The number of ether oxygens (including phenoxy) is 1. The number of anilines is 3. The molecule has 1 aromatic heterocycles. The Labute approximate surface area is 189 Å². The van der Waals surface area contributed by atoms with Gasteiger partial charge in [0.1, 0.15) is 0 Å². The van der Waals surface area contributed by atoms with Crippen molar-refractivity contribution in [2.24, 2.45) is 5.92 Å². The second-order valence-electron chi connectivity index (χ2n) is 8.78. The first-order valence-corrected chi connectivity index (χ1v) is 11.8. The minimum Gasteiger partial charge on any atom is -0.378 e. The Morgan fingerprint density at radius 2 is 1.47 bits per heavy atom. The molecule has 0 bridgehead atoms. The highest BCUT2D eigenvalue weighted by atomic mass is 16.5. The number of benzene rings is 1. The van der Waals surface area contributed by atoms with Gasteiger partial charge in [0.2, 0.25) is 5.91 Å². The third-order valence-corrected chi connectivity index (χ3v) is 6.78. The molecule has 8 nitrogen and oxygen atoms in total. The number of amides is 1. The predicted molar refractivity (Wildman–Crippen MR) is 125 cm³/mol. The van der Waals surface area contributed by atoms with E-state index in [2.05, 4.69) is 54.1 Å². The Morgan fingerprint density at radius 1 is 0.781 bits per heavy atom. The Morgan fingerprint density at radius 3 is 2.16 bits per heavy atom. The molecule has 1 atom stereocenters. The molecule has 0 N–H and O–H groups in total. The molecule has 4 heterocycles. The van der Waals surface area contributed by atoms with Crippen molar-refractivity contribution in [3.8, 4) is 0 Å². The van der Waals surface area contributed by atoms with Crippen LogP contribution in [0.5, 0.6) is 0 Å². The average molecular weight is 437 g/mol. The van der Waals surface area contributed by atoms with Gasteiger partial charge in [0.25, 0.3) is 0 Å². The lowest BCUT2D eigenvalue weighted by Crippen LogP contribution is -2.52. The second kappa shape index (κ2) is 9.73. The van der Waals surface area contributed by atoms with Gasteiger partial charge in [-0.25, -0.2) is 0 Å². The van der Waals surface area contributed by atoms with Gasteiger partial charge in [-0.2, -0.15) is 0 Å². The third-order valence-electron chi connectivity index (χ3n) is 6.78. The summed E-state index contributed by atoms with van der Waals surface area (Å²) in [4.78, 5) is 22.1. The lowest BCUT2D eigenvalue weighted by Gasteiger charge is -2.40. The number of carbonyl (C=O) groups is 1. The summed E-state index contributed by atoms with van der Waals surface area (Å²) in [6.45, 7) is 8.19. The SMILES string of the molecule is O=C(C1CCCN(c2ccc(N3CCOCC3)nn2)C1)N1CCN(c2ccccc2)CC1. The molecule has 0 radical (unpaired) electrons. The first kappa shape index (κ1) is 21.0. The summed E-state index contributed by atoms with van der Waals surface area (Å²) >= 11 is 0. The number of hydrogen-bond acceptors (Lipinski definition) is 7. The minimum atomic E-state index is 0.0349. The number of nitrogens with zero attached hydrogens (tertiary/aromatic N) is 6. The maximum atomic E-state index is 13.3. The zero-order valence-corrected chi connectivity index (χ0v) is 18.6. The van der Waals surface area contributed by atoms with E-state index < -0.39 is 0 Å². The van der Waals surface area contributed by atoms with Crippen molar-refractivity contribution in [1.82, 2.24) is 15.1 Å². The highest BCUT2D eigenvalue weighted by molar-refractivity contribution is 5.80. The van der Waals surface area contributed by atoms with Gasteiger partial charge in [-0.3, -0.25) is 4.79 Å². The Kier molecular flexibility index (Phi) is 6.39. The molecule has 32 heavy (non-hydrogen) atoms. The molecule has 0 aliphatic carbocycles. The van der Waals surface area contributed by atoms with Crippen LogP contribution in [0.4, 0.5) is 17.3 Å². The van der Waals surface area contributed by atoms with Gasteiger partial charge in [0.15, 0.2) is 11.6 Å². The standard InChI is InChI=1S/C24H32N6O2/c31-24(29-13-11-27(12-14-29)21-6-2-1-3-7-21)20-5-4-10-30(19-20)23-9-8-22(25-26-23)28-15-17-32-18-16-28/h1-3,6-9,20H,4-5,10-19H2. The lowest BCUT2D eigenvalue weighted by atomic mass is 9.96. The van der Waals surface area contributed by atoms with Crippen LogP contribution in [0.2, 0.25) is 0 Å². The molecular weight excluding hydrogens is 404 g/mol. The van der Waals surface area contributed by atoms with Gasteiger partial charge in [-0.15, -0.1) is 10.2 Å². The Bertz CT molecular complexity index is 879. The summed E-state index contributed by atoms with van der Waals surface area (Å²) in [5.74, 6) is 2.10. The largest absolute Gasteiger partial charge is 0.378 e. The molecule has 3 fully saturated rings. The van der Waals surface area contributed by atoms with E-state index in [4.69, 9.17) is 4.74 Å². The summed E-state index contributed by atoms with van der Waals surface area (Å²) in [5.41, 5.74) is 1.24. The van der Waals surface area contributed by atoms with E-state index in [1.807, 2.05) is 18.2 Å². The number of piperidine rings is 1. The molecule has 8 heteroatoms. The maximum Gasteiger partial charge on any atom is 0.227 e. The number of hydrogen-bond donors (Lipinski definition) is 0. The Hall–Kier alpha value is -2.87. The summed E-state index contributed by atoms with van der Waals surface area (Å²) in [6, 6.07) is 14.5. The van der Waals surface area contributed by atoms with E-state index in [1.54, 1.807) is 0 Å². The number of carbonyl (C=O) groups excluding carboxylic acids is 1.